The van der Waals surface area contributed by atoms with Gasteiger partial charge in [-0.05, 0) is 25.0 Å². The molecule has 0 amide bonds. The second-order valence-electron chi connectivity index (χ2n) is 4.92. The normalized spacial score (nSPS) is 22.4. The molecule has 2 rings (SSSR count). The van der Waals surface area contributed by atoms with Crippen molar-refractivity contribution in [2.75, 3.05) is 0 Å². The van der Waals surface area contributed by atoms with Crippen molar-refractivity contribution in [1.82, 2.24) is 9.71 Å². The van der Waals surface area contributed by atoms with Gasteiger partial charge in [-0.25, -0.2) is 18.1 Å². The van der Waals surface area contributed by atoms with E-state index in [1.807, 2.05) is 0 Å². The molecule has 1 heterocycles. The molecule has 0 aliphatic heterocycles. The summed E-state index contributed by atoms with van der Waals surface area (Å²) in [6.07, 6.45) is 3.79. The number of aromatic nitrogens is 1. The van der Waals surface area contributed by atoms with Gasteiger partial charge in [0.15, 0.2) is 5.69 Å². The van der Waals surface area contributed by atoms with E-state index in [0.717, 1.165) is 12.8 Å². The second kappa shape index (κ2) is 6.20. The lowest BCUT2D eigenvalue weighted by atomic mass is 9.85. The molecule has 0 bridgehead atoms. The molecule has 0 aromatic carbocycles. The first-order chi connectivity index (χ1) is 9.95. The third-order valence-corrected chi connectivity index (χ3v) is 5.08. The van der Waals surface area contributed by atoms with Crippen LogP contribution in [0.2, 0.25) is 0 Å². The molecule has 2 atom stereocenters. The first-order valence-corrected chi connectivity index (χ1v) is 8.04. The lowest BCUT2D eigenvalue weighted by Crippen LogP contribution is -2.45. The Hall–Kier alpha value is -1.98. The monoisotopic (exact) mass is 309 g/mol. The second-order valence-corrected chi connectivity index (χ2v) is 6.60. The Morgan fingerprint density at radius 3 is 2.81 bits per heavy atom. The van der Waals surface area contributed by atoms with E-state index in [4.69, 9.17) is 5.26 Å². The van der Waals surface area contributed by atoms with Crippen molar-refractivity contribution in [3.63, 3.8) is 0 Å². The van der Waals surface area contributed by atoms with Crippen LogP contribution < -0.4 is 4.72 Å². The number of carboxylic acids is 1. The van der Waals surface area contributed by atoms with Crippen LogP contribution in [0.4, 0.5) is 0 Å². The summed E-state index contributed by atoms with van der Waals surface area (Å²) >= 11 is 0. The van der Waals surface area contributed by atoms with E-state index in [-0.39, 0.29) is 10.6 Å². The zero-order chi connectivity index (χ0) is 15.5. The van der Waals surface area contributed by atoms with Crippen molar-refractivity contribution in [3.8, 4) is 6.07 Å². The van der Waals surface area contributed by atoms with E-state index in [9.17, 15) is 18.3 Å². The fourth-order valence-electron chi connectivity index (χ4n) is 2.52. The highest BCUT2D eigenvalue weighted by molar-refractivity contribution is 7.89. The average molecular weight is 309 g/mol. The zero-order valence-corrected chi connectivity index (χ0v) is 12.0. The highest BCUT2D eigenvalue weighted by Gasteiger charge is 2.34. The molecule has 1 aliphatic rings. The number of nitriles is 1. The molecule has 2 N–H and O–H groups in total. The summed E-state index contributed by atoms with van der Waals surface area (Å²) in [6.45, 7) is 0. The minimum atomic E-state index is -3.97. The van der Waals surface area contributed by atoms with Crippen molar-refractivity contribution >= 4 is 16.0 Å². The summed E-state index contributed by atoms with van der Waals surface area (Å²) in [5, 5.41) is 18.1. The Balaban J connectivity index is 2.28. The van der Waals surface area contributed by atoms with Gasteiger partial charge < -0.3 is 5.11 Å². The largest absolute Gasteiger partial charge is 0.481 e. The van der Waals surface area contributed by atoms with Crippen LogP contribution in [0.1, 0.15) is 31.4 Å². The van der Waals surface area contributed by atoms with Gasteiger partial charge in [0.2, 0.25) is 10.0 Å². The lowest BCUT2D eigenvalue weighted by Gasteiger charge is -2.29. The van der Waals surface area contributed by atoms with Crippen molar-refractivity contribution in [2.24, 2.45) is 5.92 Å². The minimum Gasteiger partial charge on any atom is -0.481 e. The molecule has 1 aliphatic carbocycles. The van der Waals surface area contributed by atoms with Gasteiger partial charge >= 0.3 is 5.97 Å². The first kappa shape index (κ1) is 15.4. The van der Waals surface area contributed by atoms with Crippen molar-refractivity contribution < 1.29 is 18.3 Å². The number of rotatable bonds is 4. The molecular weight excluding hydrogens is 294 g/mol. The Labute approximate surface area is 122 Å². The molecule has 2 unspecified atom stereocenters. The van der Waals surface area contributed by atoms with Gasteiger partial charge in [-0.15, -0.1) is 0 Å². The maximum Gasteiger partial charge on any atom is 0.308 e. The highest BCUT2D eigenvalue weighted by Crippen LogP contribution is 2.26. The fourth-order valence-corrected chi connectivity index (χ4v) is 3.94. The summed E-state index contributed by atoms with van der Waals surface area (Å²) in [4.78, 5) is 14.7. The molecule has 7 nitrogen and oxygen atoms in total. The number of hydrogen-bond acceptors (Lipinski definition) is 5. The van der Waals surface area contributed by atoms with Crippen molar-refractivity contribution in [2.45, 2.75) is 36.6 Å². The minimum absolute atomic E-state index is 0.201. The number of hydrogen-bond donors (Lipinski definition) is 2. The van der Waals surface area contributed by atoms with Crippen LogP contribution in [0.25, 0.3) is 0 Å². The van der Waals surface area contributed by atoms with Crippen molar-refractivity contribution in [3.05, 3.63) is 24.0 Å². The molecule has 21 heavy (non-hydrogen) atoms. The maximum atomic E-state index is 12.4. The number of sulfonamides is 1. The zero-order valence-electron chi connectivity index (χ0n) is 11.2. The van der Waals surface area contributed by atoms with Gasteiger partial charge in [0.1, 0.15) is 11.0 Å². The molecule has 8 heteroatoms. The smallest absolute Gasteiger partial charge is 0.308 e. The van der Waals surface area contributed by atoms with Crippen LogP contribution >= 0.6 is 0 Å². The van der Waals surface area contributed by atoms with Gasteiger partial charge in [-0.3, -0.25) is 4.79 Å². The molecule has 1 aromatic heterocycles. The van der Waals surface area contributed by atoms with Gasteiger partial charge in [0.05, 0.1) is 5.92 Å². The molecular formula is C13H15N3O4S. The van der Waals surface area contributed by atoms with E-state index in [2.05, 4.69) is 9.71 Å². The van der Waals surface area contributed by atoms with Crippen LogP contribution in [-0.2, 0) is 14.8 Å². The fraction of sp³-hybridized carbons (Fsp3) is 0.462. The molecule has 0 spiro atoms. The van der Waals surface area contributed by atoms with E-state index in [0.29, 0.717) is 12.8 Å². The maximum absolute atomic E-state index is 12.4. The van der Waals surface area contributed by atoms with Crippen LogP contribution in [0.15, 0.2) is 23.2 Å². The topological polar surface area (TPSA) is 120 Å². The number of nitrogens with zero attached hydrogens (tertiary/aromatic N) is 2. The third kappa shape index (κ3) is 3.37. The number of pyridine rings is 1. The summed E-state index contributed by atoms with van der Waals surface area (Å²) in [7, 11) is -3.97. The summed E-state index contributed by atoms with van der Waals surface area (Å²) in [6, 6.07) is 3.77. The number of carbonyl (C=O) groups is 1. The average Bonchev–Trinajstić information content (AvgIpc) is 2.47. The summed E-state index contributed by atoms with van der Waals surface area (Å²) < 4.78 is 27.1. The van der Waals surface area contributed by atoms with E-state index in [1.165, 1.54) is 18.3 Å². The standard InChI is InChI=1S/C13H15N3O4S/c14-8-11-12(6-3-7-15-11)21(19,20)16-10-5-2-1-4-9(10)13(17)18/h3,6-7,9-10,16H,1-2,4-5H2,(H,17,18). The molecule has 1 saturated carbocycles. The lowest BCUT2D eigenvalue weighted by molar-refractivity contribution is -0.143. The summed E-state index contributed by atoms with van der Waals surface area (Å²) in [5.74, 6) is -1.75. The van der Waals surface area contributed by atoms with Crippen LogP contribution in [0, 0.1) is 17.2 Å². The van der Waals surface area contributed by atoms with E-state index < -0.39 is 28.0 Å². The number of carboxylic acid groups (broad SMARTS) is 1. The van der Waals surface area contributed by atoms with Gasteiger partial charge in [0, 0.05) is 12.2 Å². The SMILES string of the molecule is N#Cc1ncccc1S(=O)(=O)NC1CCCCC1C(=O)O. The Morgan fingerprint density at radius 1 is 1.43 bits per heavy atom. The first-order valence-electron chi connectivity index (χ1n) is 6.56. The number of nitrogens with one attached hydrogen (secondary N) is 1. The van der Waals surface area contributed by atoms with E-state index >= 15 is 0 Å². The van der Waals surface area contributed by atoms with Crippen molar-refractivity contribution in [1.29, 1.82) is 5.26 Å². The quantitative estimate of drug-likeness (QED) is 0.851. The number of aliphatic carboxylic acids is 1. The predicted octanol–water partition coefficient (Wildman–Crippen LogP) is 0.875. The highest BCUT2D eigenvalue weighted by atomic mass is 32.2. The summed E-state index contributed by atoms with van der Waals surface area (Å²) in [5.41, 5.74) is -0.201. The van der Waals surface area contributed by atoms with Gasteiger partial charge in [0.25, 0.3) is 0 Å². The van der Waals surface area contributed by atoms with Gasteiger partial charge in [-0.1, -0.05) is 12.8 Å². The van der Waals surface area contributed by atoms with Crippen LogP contribution in [0.5, 0.6) is 0 Å². The molecule has 0 radical (unpaired) electrons. The molecule has 1 aromatic rings. The Morgan fingerprint density at radius 2 is 2.14 bits per heavy atom. The van der Waals surface area contributed by atoms with Gasteiger partial charge in [-0.2, -0.15) is 5.26 Å². The van der Waals surface area contributed by atoms with Crippen LogP contribution in [0.3, 0.4) is 0 Å². The molecule has 1 fully saturated rings. The Kier molecular flexibility index (Phi) is 4.55. The molecule has 0 saturated heterocycles. The van der Waals surface area contributed by atoms with Crippen LogP contribution in [-0.4, -0.2) is 30.5 Å². The molecule has 112 valence electrons. The predicted molar refractivity (Wildman–Crippen MR) is 72.7 cm³/mol. The third-order valence-electron chi connectivity index (χ3n) is 3.56. The van der Waals surface area contributed by atoms with E-state index in [1.54, 1.807) is 6.07 Å². The Bertz CT molecular complexity index is 681.